The first-order chi connectivity index (χ1) is 9.44. The number of aromatic nitrogens is 1. The van der Waals surface area contributed by atoms with Crippen LogP contribution in [-0.2, 0) is 16.7 Å². The van der Waals surface area contributed by atoms with Gasteiger partial charge in [-0.1, -0.05) is 20.8 Å². The van der Waals surface area contributed by atoms with Gasteiger partial charge in [0.1, 0.15) is 5.01 Å². The van der Waals surface area contributed by atoms with Crippen molar-refractivity contribution >= 4 is 23.7 Å². The number of thiazole rings is 1. The first kappa shape index (κ1) is 18.8. The highest BCUT2D eigenvalue weighted by Crippen LogP contribution is 2.29. The van der Waals surface area contributed by atoms with Crippen LogP contribution < -0.4 is 5.73 Å². The van der Waals surface area contributed by atoms with Gasteiger partial charge in [0, 0.05) is 37.3 Å². The molecule has 0 aromatic carbocycles. The Balaban J connectivity index is 0.00000220. The summed E-state index contributed by atoms with van der Waals surface area (Å²) < 4.78 is 5.48. The predicted octanol–water partition coefficient (Wildman–Crippen LogP) is 2.80. The molecular weight excluding hydrogens is 306 g/mol. The van der Waals surface area contributed by atoms with E-state index < -0.39 is 0 Å². The van der Waals surface area contributed by atoms with Gasteiger partial charge in [0.15, 0.2) is 0 Å². The minimum Gasteiger partial charge on any atom is -0.381 e. The van der Waals surface area contributed by atoms with Crippen LogP contribution in [0.25, 0.3) is 0 Å². The Bertz CT molecular complexity index is 433. The number of halogens is 1. The van der Waals surface area contributed by atoms with Crippen LogP contribution in [0.5, 0.6) is 0 Å². The van der Waals surface area contributed by atoms with E-state index in [4.69, 9.17) is 10.5 Å². The van der Waals surface area contributed by atoms with Crippen LogP contribution in [0, 0.1) is 0 Å². The summed E-state index contributed by atoms with van der Waals surface area (Å²) in [4.78, 5) is 8.40. The van der Waals surface area contributed by atoms with Crippen molar-refractivity contribution in [1.29, 1.82) is 0 Å². The molecule has 2 unspecified atom stereocenters. The Labute approximate surface area is 138 Å². The van der Waals surface area contributed by atoms with Crippen molar-refractivity contribution in [1.82, 2.24) is 9.88 Å². The van der Waals surface area contributed by atoms with Gasteiger partial charge in [-0.25, -0.2) is 4.98 Å². The highest BCUT2D eigenvalue weighted by molar-refractivity contribution is 7.11. The zero-order valence-corrected chi connectivity index (χ0v) is 15.1. The molecule has 0 spiro atoms. The SMILES string of the molecule is COC1CCN(Cc2ncc(C(C)(C)C)s2)C(CN)C1.Cl. The summed E-state index contributed by atoms with van der Waals surface area (Å²) >= 11 is 1.83. The van der Waals surface area contributed by atoms with Crippen LogP contribution in [0.2, 0.25) is 0 Å². The maximum atomic E-state index is 5.92. The molecule has 2 atom stereocenters. The van der Waals surface area contributed by atoms with E-state index in [1.165, 1.54) is 9.88 Å². The van der Waals surface area contributed by atoms with E-state index in [-0.39, 0.29) is 17.8 Å². The van der Waals surface area contributed by atoms with Gasteiger partial charge in [0.25, 0.3) is 0 Å². The lowest BCUT2D eigenvalue weighted by molar-refractivity contribution is 0.0102. The second kappa shape index (κ2) is 7.88. The molecule has 1 fully saturated rings. The second-order valence-electron chi connectivity index (χ2n) is 6.61. The van der Waals surface area contributed by atoms with Crippen molar-refractivity contribution in [3.8, 4) is 0 Å². The van der Waals surface area contributed by atoms with E-state index in [0.717, 1.165) is 25.9 Å². The van der Waals surface area contributed by atoms with Gasteiger partial charge in [0.2, 0.25) is 0 Å². The third kappa shape index (κ3) is 4.89. The quantitative estimate of drug-likeness (QED) is 0.920. The van der Waals surface area contributed by atoms with Crippen LogP contribution >= 0.6 is 23.7 Å². The number of ether oxygens (including phenoxy) is 1. The topological polar surface area (TPSA) is 51.4 Å². The summed E-state index contributed by atoms with van der Waals surface area (Å²) in [6, 6.07) is 0.413. The molecule has 1 aliphatic rings. The Hall–Kier alpha value is -0.200. The number of methoxy groups -OCH3 is 1. The first-order valence-electron chi connectivity index (χ1n) is 7.36. The largest absolute Gasteiger partial charge is 0.381 e. The molecule has 122 valence electrons. The van der Waals surface area contributed by atoms with Gasteiger partial charge in [-0.05, 0) is 18.3 Å². The van der Waals surface area contributed by atoms with Crippen molar-refractivity contribution in [3.63, 3.8) is 0 Å². The normalized spacial score (nSPS) is 23.9. The molecule has 0 bridgehead atoms. The fourth-order valence-corrected chi connectivity index (χ4v) is 3.64. The van der Waals surface area contributed by atoms with E-state index in [2.05, 4.69) is 30.7 Å². The van der Waals surface area contributed by atoms with Crippen molar-refractivity contribution in [2.45, 2.75) is 57.7 Å². The summed E-state index contributed by atoms with van der Waals surface area (Å²) in [5.74, 6) is 0. The molecule has 2 rings (SSSR count). The van der Waals surface area contributed by atoms with E-state index in [9.17, 15) is 0 Å². The molecule has 0 saturated carbocycles. The Morgan fingerprint density at radius 1 is 1.48 bits per heavy atom. The number of rotatable bonds is 4. The van der Waals surface area contributed by atoms with Crippen LogP contribution in [0.4, 0.5) is 0 Å². The fourth-order valence-electron chi connectivity index (χ4n) is 2.63. The smallest absolute Gasteiger partial charge is 0.107 e. The standard InChI is InChI=1S/C15H27N3OS.ClH/c1-15(2,3)13-9-17-14(20-13)10-18-6-5-12(19-4)7-11(18)8-16;/h9,11-12H,5-8,10,16H2,1-4H3;1H. The highest BCUT2D eigenvalue weighted by atomic mass is 35.5. The summed E-state index contributed by atoms with van der Waals surface area (Å²) in [6.45, 7) is 9.35. The molecule has 4 nitrogen and oxygen atoms in total. The van der Waals surface area contributed by atoms with E-state index in [0.29, 0.717) is 18.7 Å². The van der Waals surface area contributed by atoms with Crippen LogP contribution in [0.3, 0.4) is 0 Å². The van der Waals surface area contributed by atoms with Crippen molar-refractivity contribution in [2.24, 2.45) is 5.73 Å². The molecular formula is C15H28ClN3OS. The average Bonchev–Trinajstić information content (AvgIpc) is 2.87. The summed E-state index contributed by atoms with van der Waals surface area (Å²) in [6.07, 6.45) is 4.51. The molecule has 0 radical (unpaired) electrons. The molecule has 2 heterocycles. The van der Waals surface area contributed by atoms with E-state index in [1.807, 2.05) is 17.5 Å². The fraction of sp³-hybridized carbons (Fsp3) is 0.800. The van der Waals surface area contributed by atoms with Gasteiger partial charge >= 0.3 is 0 Å². The predicted molar refractivity (Wildman–Crippen MR) is 91.3 cm³/mol. The maximum absolute atomic E-state index is 5.92. The lowest BCUT2D eigenvalue weighted by atomic mass is 9.96. The van der Waals surface area contributed by atoms with Gasteiger partial charge in [-0.2, -0.15) is 0 Å². The zero-order valence-electron chi connectivity index (χ0n) is 13.5. The van der Waals surface area contributed by atoms with E-state index in [1.54, 1.807) is 7.11 Å². The molecule has 1 aliphatic heterocycles. The van der Waals surface area contributed by atoms with Crippen LogP contribution in [-0.4, -0.2) is 42.2 Å². The molecule has 21 heavy (non-hydrogen) atoms. The first-order valence-corrected chi connectivity index (χ1v) is 8.17. The summed E-state index contributed by atoms with van der Waals surface area (Å²) in [7, 11) is 1.80. The average molecular weight is 334 g/mol. The second-order valence-corrected chi connectivity index (χ2v) is 7.73. The maximum Gasteiger partial charge on any atom is 0.107 e. The van der Waals surface area contributed by atoms with Crippen LogP contribution in [0.15, 0.2) is 6.20 Å². The molecule has 0 aliphatic carbocycles. The van der Waals surface area contributed by atoms with Crippen molar-refractivity contribution < 1.29 is 4.74 Å². The number of hydrogen-bond acceptors (Lipinski definition) is 5. The number of nitrogens with two attached hydrogens (primary N) is 1. The lowest BCUT2D eigenvalue weighted by Gasteiger charge is -2.37. The summed E-state index contributed by atoms with van der Waals surface area (Å²) in [5.41, 5.74) is 6.11. The van der Waals surface area contributed by atoms with E-state index >= 15 is 0 Å². The third-order valence-corrected chi connectivity index (χ3v) is 5.43. The number of hydrogen-bond donors (Lipinski definition) is 1. The minimum absolute atomic E-state index is 0. The molecule has 1 aromatic rings. The zero-order chi connectivity index (χ0) is 14.8. The molecule has 2 N–H and O–H groups in total. The summed E-state index contributed by atoms with van der Waals surface area (Å²) in [5, 5.41) is 1.20. The number of piperidine rings is 1. The van der Waals surface area contributed by atoms with Gasteiger partial charge in [0.05, 0.1) is 12.6 Å². The Kier molecular flexibility index (Phi) is 7.07. The molecule has 1 saturated heterocycles. The molecule has 0 amide bonds. The Morgan fingerprint density at radius 2 is 2.19 bits per heavy atom. The van der Waals surface area contributed by atoms with Crippen molar-refractivity contribution in [3.05, 3.63) is 16.1 Å². The number of likely N-dealkylation sites (tertiary alicyclic amines) is 1. The van der Waals surface area contributed by atoms with Gasteiger partial charge < -0.3 is 10.5 Å². The van der Waals surface area contributed by atoms with Gasteiger partial charge in [-0.15, -0.1) is 23.7 Å². The minimum atomic E-state index is 0. The Morgan fingerprint density at radius 3 is 2.71 bits per heavy atom. The molecule has 6 heteroatoms. The van der Waals surface area contributed by atoms with Crippen molar-refractivity contribution in [2.75, 3.05) is 20.2 Å². The van der Waals surface area contributed by atoms with Gasteiger partial charge in [-0.3, -0.25) is 4.90 Å². The number of nitrogens with zero attached hydrogens (tertiary/aromatic N) is 2. The third-order valence-electron chi connectivity index (χ3n) is 4.03. The lowest BCUT2D eigenvalue weighted by Crippen LogP contribution is -2.47. The highest BCUT2D eigenvalue weighted by Gasteiger charge is 2.28. The molecule has 1 aromatic heterocycles. The monoisotopic (exact) mass is 333 g/mol. The van der Waals surface area contributed by atoms with Crippen LogP contribution in [0.1, 0.15) is 43.5 Å².